The molecule has 1 heterocycles. The molecule has 3 heteroatoms. The largest absolute Gasteiger partial charge is 0.379 e. The molecule has 0 aromatic heterocycles. The Morgan fingerprint density at radius 2 is 2.00 bits per heavy atom. The van der Waals surface area contributed by atoms with Gasteiger partial charge in [-0.15, -0.1) is 0 Å². The summed E-state index contributed by atoms with van der Waals surface area (Å²) >= 11 is 0. The summed E-state index contributed by atoms with van der Waals surface area (Å²) in [5, 5.41) is 3.49. The lowest BCUT2D eigenvalue weighted by molar-refractivity contribution is -0.101. The van der Waals surface area contributed by atoms with E-state index in [1.165, 1.54) is 38.5 Å². The molecule has 2 fully saturated rings. The van der Waals surface area contributed by atoms with Crippen molar-refractivity contribution in [2.45, 2.75) is 63.6 Å². The van der Waals surface area contributed by atoms with Crippen LogP contribution in [0.5, 0.6) is 0 Å². The Labute approximate surface area is 105 Å². The Hall–Kier alpha value is -0.120. The topological polar surface area (TPSA) is 30.5 Å². The van der Waals surface area contributed by atoms with E-state index in [2.05, 4.69) is 12.2 Å². The summed E-state index contributed by atoms with van der Waals surface area (Å²) in [6.07, 6.45) is 9.24. The molecule has 0 aromatic carbocycles. The first-order chi connectivity index (χ1) is 8.35. The highest BCUT2D eigenvalue weighted by molar-refractivity contribution is 4.87. The molecular weight excluding hydrogens is 214 g/mol. The lowest BCUT2D eigenvalue weighted by atomic mass is 9.93. The molecular formula is C14H27NO2. The van der Waals surface area contributed by atoms with Crippen LogP contribution in [-0.2, 0) is 9.47 Å². The standard InChI is InChI=1S/C14H27NO2/c1-2-15-12-14(8-5-3-4-6-9-14)17-13-7-10-16-11-13/h13,15H,2-12H2,1H3. The van der Waals surface area contributed by atoms with Crippen molar-refractivity contribution in [3.63, 3.8) is 0 Å². The predicted molar refractivity (Wildman–Crippen MR) is 69.3 cm³/mol. The van der Waals surface area contributed by atoms with Crippen LogP contribution in [0.4, 0.5) is 0 Å². The minimum absolute atomic E-state index is 0.0882. The maximum absolute atomic E-state index is 6.43. The van der Waals surface area contributed by atoms with Crippen molar-refractivity contribution in [3.8, 4) is 0 Å². The highest BCUT2D eigenvalue weighted by Gasteiger charge is 2.35. The van der Waals surface area contributed by atoms with Gasteiger partial charge in [0.2, 0.25) is 0 Å². The van der Waals surface area contributed by atoms with Crippen molar-refractivity contribution in [1.29, 1.82) is 0 Å². The molecule has 1 unspecified atom stereocenters. The fourth-order valence-electron chi connectivity index (χ4n) is 3.02. The summed E-state index contributed by atoms with van der Waals surface area (Å²) in [7, 11) is 0. The van der Waals surface area contributed by atoms with Gasteiger partial charge in [0.05, 0.1) is 18.3 Å². The average Bonchev–Trinajstić information content (AvgIpc) is 2.73. The van der Waals surface area contributed by atoms with Crippen molar-refractivity contribution in [1.82, 2.24) is 5.32 Å². The summed E-state index contributed by atoms with van der Waals surface area (Å²) in [4.78, 5) is 0. The third-order valence-corrected chi connectivity index (χ3v) is 4.02. The van der Waals surface area contributed by atoms with E-state index in [1.807, 2.05) is 0 Å². The number of rotatable bonds is 5. The van der Waals surface area contributed by atoms with E-state index in [4.69, 9.17) is 9.47 Å². The zero-order valence-electron chi connectivity index (χ0n) is 11.2. The molecule has 0 amide bonds. The molecule has 2 rings (SSSR count). The van der Waals surface area contributed by atoms with Crippen LogP contribution in [0.2, 0.25) is 0 Å². The molecule has 0 radical (unpaired) electrons. The molecule has 0 spiro atoms. The fraction of sp³-hybridized carbons (Fsp3) is 1.00. The monoisotopic (exact) mass is 241 g/mol. The van der Waals surface area contributed by atoms with E-state index < -0.39 is 0 Å². The Morgan fingerprint density at radius 1 is 1.24 bits per heavy atom. The maximum Gasteiger partial charge on any atom is 0.0838 e. The van der Waals surface area contributed by atoms with E-state index in [1.54, 1.807) is 0 Å². The quantitative estimate of drug-likeness (QED) is 0.750. The molecule has 1 aliphatic carbocycles. The molecule has 1 atom stereocenters. The van der Waals surface area contributed by atoms with Gasteiger partial charge in [0.15, 0.2) is 0 Å². The highest BCUT2D eigenvalue weighted by Crippen LogP contribution is 2.32. The van der Waals surface area contributed by atoms with Crippen molar-refractivity contribution in [3.05, 3.63) is 0 Å². The van der Waals surface area contributed by atoms with Crippen LogP contribution in [0, 0.1) is 0 Å². The molecule has 0 aromatic rings. The highest BCUT2D eigenvalue weighted by atomic mass is 16.6. The summed E-state index contributed by atoms with van der Waals surface area (Å²) in [6, 6.07) is 0. The van der Waals surface area contributed by atoms with Gasteiger partial charge < -0.3 is 14.8 Å². The van der Waals surface area contributed by atoms with Gasteiger partial charge in [-0.25, -0.2) is 0 Å². The Kier molecular flexibility index (Phi) is 5.26. The van der Waals surface area contributed by atoms with Gasteiger partial charge >= 0.3 is 0 Å². The third kappa shape index (κ3) is 3.94. The molecule has 3 nitrogen and oxygen atoms in total. The fourth-order valence-corrected chi connectivity index (χ4v) is 3.02. The van der Waals surface area contributed by atoms with Crippen LogP contribution >= 0.6 is 0 Å². The summed E-state index contributed by atoms with van der Waals surface area (Å²) in [5.41, 5.74) is 0.0882. The van der Waals surface area contributed by atoms with Crippen molar-refractivity contribution >= 4 is 0 Å². The van der Waals surface area contributed by atoms with E-state index >= 15 is 0 Å². The summed E-state index contributed by atoms with van der Waals surface area (Å²) in [5.74, 6) is 0. The lowest BCUT2D eigenvalue weighted by Gasteiger charge is -2.35. The molecule has 1 saturated carbocycles. The van der Waals surface area contributed by atoms with Crippen LogP contribution < -0.4 is 5.32 Å². The van der Waals surface area contributed by atoms with Gasteiger partial charge in [-0.2, -0.15) is 0 Å². The van der Waals surface area contributed by atoms with Gasteiger partial charge in [0, 0.05) is 13.2 Å². The minimum atomic E-state index is 0.0882. The van der Waals surface area contributed by atoms with Gasteiger partial charge in [-0.05, 0) is 25.8 Å². The zero-order valence-corrected chi connectivity index (χ0v) is 11.2. The number of hydrogen-bond acceptors (Lipinski definition) is 3. The molecule has 1 N–H and O–H groups in total. The third-order valence-electron chi connectivity index (χ3n) is 4.02. The Morgan fingerprint density at radius 3 is 2.59 bits per heavy atom. The van der Waals surface area contributed by atoms with Gasteiger partial charge in [0.25, 0.3) is 0 Å². The van der Waals surface area contributed by atoms with Crippen LogP contribution in [0.1, 0.15) is 51.9 Å². The first-order valence-electron chi connectivity index (χ1n) is 7.31. The summed E-state index contributed by atoms with van der Waals surface area (Å²) < 4.78 is 11.9. The Bertz CT molecular complexity index is 206. The van der Waals surface area contributed by atoms with Gasteiger partial charge in [-0.1, -0.05) is 32.6 Å². The van der Waals surface area contributed by atoms with Crippen molar-refractivity contribution in [2.24, 2.45) is 0 Å². The second-order valence-electron chi connectivity index (χ2n) is 5.48. The average molecular weight is 241 g/mol. The molecule has 100 valence electrons. The van der Waals surface area contributed by atoms with E-state index in [-0.39, 0.29) is 5.60 Å². The first kappa shape index (κ1) is 13.3. The molecule has 1 saturated heterocycles. The number of ether oxygens (including phenoxy) is 2. The molecule has 2 aliphatic rings. The number of nitrogens with one attached hydrogen (secondary N) is 1. The van der Waals surface area contributed by atoms with Crippen molar-refractivity contribution < 1.29 is 9.47 Å². The summed E-state index contributed by atoms with van der Waals surface area (Å²) in [6.45, 7) is 5.89. The SMILES string of the molecule is CCNCC1(OC2CCOC2)CCCCCC1. The lowest BCUT2D eigenvalue weighted by Crippen LogP contribution is -2.45. The van der Waals surface area contributed by atoms with Crippen LogP contribution in [0.25, 0.3) is 0 Å². The second-order valence-corrected chi connectivity index (χ2v) is 5.48. The maximum atomic E-state index is 6.43. The smallest absolute Gasteiger partial charge is 0.0838 e. The zero-order chi connectivity index (χ0) is 12.0. The number of likely N-dealkylation sites (N-methyl/N-ethyl adjacent to an activating group) is 1. The molecule has 0 bridgehead atoms. The Balaban J connectivity index is 1.93. The van der Waals surface area contributed by atoms with E-state index in [9.17, 15) is 0 Å². The first-order valence-corrected chi connectivity index (χ1v) is 7.31. The van der Waals surface area contributed by atoms with Gasteiger partial charge in [-0.3, -0.25) is 0 Å². The second kappa shape index (κ2) is 6.72. The van der Waals surface area contributed by atoms with Crippen LogP contribution in [0.3, 0.4) is 0 Å². The number of hydrogen-bond donors (Lipinski definition) is 1. The molecule has 17 heavy (non-hydrogen) atoms. The van der Waals surface area contributed by atoms with E-state index in [0.29, 0.717) is 6.10 Å². The van der Waals surface area contributed by atoms with Crippen molar-refractivity contribution in [2.75, 3.05) is 26.3 Å². The van der Waals surface area contributed by atoms with Gasteiger partial charge in [0.1, 0.15) is 0 Å². The minimum Gasteiger partial charge on any atom is -0.379 e. The van der Waals surface area contributed by atoms with Crippen LogP contribution in [-0.4, -0.2) is 38.0 Å². The predicted octanol–water partition coefficient (Wildman–Crippen LogP) is 2.49. The normalized spacial score (nSPS) is 29.1. The van der Waals surface area contributed by atoms with Crippen LogP contribution in [0.15, 0.2) is 0 Å². The molecule has 1 aliphatic heterocycles. The van der Waals surface area contributed by atoms with E-state index in [0.717, 1.165) is 32.7 Å².